The smallest absolute Gasteiger partial charge is 0.296 e. The number of phenolic OH excluding ortho intramolecular Hbond substituents is 2. The molecule has 0 aromatic heterocycles. The maximum atomic E-state index is 11.7. The zero-order valence-electron chi connectivity index (χ0n) is 20.6. The highest BCUT2D eigenvalue weighted by molar-refractivity contribution is 7.86. The van der Waals surface area contributed by atoms with Gasteiger partial charge in [0.05, 0.1) is 5.69 Å². The van der Waals surface area contributed by atoms with Gasteiger partial charge in [-0.1, -0.05) is 6.07 Å². The van der Waals surface area contributed by atoms with Gasteiger partial charge in [0.1, 0.15) is 27.7 Å². The van der Waals surface area contributed by atoms with Crippen LogP contribution in [-0.2, 0) is 10.1 Å². The van der Waals surface area contributed by atoms with Gasteiger partial charge in [0.2, 0.25) is 0 Å². The molecule has 4 N–H and O–H groups in total. The largest absolute Gasteiger partial charge is 0.506 e. The first kappa shape index (κ1) is 25.7. The fraction of sp³-hybridized carbons (Fsp3) is 0.154. The van der Waals surface area contributed by atoms with Crippen LogP contribution in [0.15, 0.2) is 79.9 Å². The summed E-state index contributed by atoms with van der Waals surface area (Å²) in [5.74, 6) is -0.255. The Kier molecular flexibility index (Phi) is 6.92. The van der Waals surface area contributed by atoms with Gasteiger partial charge in [0, 0.05) is 24.2 Å². The van der Waals surface area contributed by atoms with E-state index >= 15 is 0 Å². The van der Waals surface area contributed by atoms with E-state index in [0.717, 1.165) is 16.6 Å². The van der Waals surface area contributed by atoms with Gasteiger partial charge in [0.15, 0.2) is 5.75 Å². The predicted octanol–water partition coefficient (Wildman–Crippen LogP) is 7.30. The molecule has 0 aliphatic heterocycles. The minimum absolute atomic E-state index is 0.0178. The minimum atomic E-state index is -4.49. The van der Waals surface area contributed by atoms with E-state index in [2.05, 4.69) is 25.8 Å². The third-order valence-electron chi connectivity index (χ3n) is 5.77. The summed E-state index contributed by atoms with van der Waals surface area (Å²) < 4.78 is 32.8. The zero-order valence-corrected chi connectivity index (χ0v) is 21.4. The Bertz CT molecular complexity index is 1700. The molecule has 0 aliphatic carbocycles. The van der Waals surface area contributed by atoms with Crippen LogP contribution in [0.2, 0.25) is 0 Å². The third kappa shape index (κ3) is 5.42. The monoisotopic (exact) mass is 519 g/mol. The highest BCUT2D eigenvalue weighted by atomic mass is 32.2. The standard InChI is InChI=1S/C26H25N5O5S/c1-14-5-8-24(37(34,35)36)22(9-14)30-28-20-13-23(32)21(11-15(20)2)29-31-25-16(3)10-17-12-18(27-4)6-7-19(17)26(25)33/h5-13,27,32-33H,1-4H3,(H,34,35,36). The van der Waals surface area contributed by atoms with Gasteiger partial charge in [0.25, 0.3) is 10.1 Å². The number of aryl methyl sites for hydroxylation is 3. The fourth-order valence-electron chi connectivity index (χ4n) is 3.79. The molecule has 0 saturated heterocycles. The van der Waals surface area contributed by atoms with E-state index in [1.54, 1.807) is 32.9 Å². The maximum absolute atomic E-state index is 11.7. The molecule has 0 spiro atoms. The Morgan fingerprint density at radius 3 is 2.16 bits per heavy atom. The van der Waals surface area contributed by atoms with E-state index in [-0.39, 0.29) is 39.1 Å². The van der Waals surface area contributed by atoms with Crippen LogP contribution >= 0.6 is 0 Å². The Morgan fingerprint density at radius 2 is 1.46 bits per heavy atom. The van der Waals surface area contributed by atoms with Crippen molar-refractivity contribution in [3.63, 3.8) is 0 Å². The van der Waals surface area contributed by atoms with Gasteiger partial charge in [-0.05, 0) is 85.3 Å². The van der Waals surface area contributed by atoms with Crippen LogP contribution in [0.5, 0.6) is 11.5 Å². The van der Waals surface area contributed by atoms with Crippen molar-refractivity contribution in [3.05, 3.63) is 71.3 Å². The van der Waals surface area contributed by atoms with Gasteiger partial charge in [-0.15, -0.1) is 15.3 Å². The SMILES string of the molecule is CNc1ccc2c(O)c(N=Nc3cc(C)c(N=Nc4cc(C)ccc4S(=O)(=O)O)cc3O)c(C)cc2c1. The van der Waals surface area contributed by atoms with Gasteiger partial charge < -0.3 is 15.5 Å². The molecule has 190 valence electrons. The van der Waals surface area contributed by atoms with Crippen LogP contribution in [0.1, 0.15) is 16.7 Å². The Balaban J connectivity index is 1.67. The summed E-state index contributed by atoms with van der Waals surface area (Å²) in [7, 11) is -2.68. The lowest BCUT2D eigenvalue weighted by Gasteiger charge is -2.09. The second kappa shape index (κ2) is 9.96. The molecule has 0 radical (unpaired) electrons. The second-order valence-corrected chi connectivity index (χ2v) is 9.94. The summed E-state index contributed by atoms with van der Waals surface area (Å²) >= 11 is 0. The van der Waals surface area contributed by atoms with Crippen molar-refractivity contribution in [2.45, 2.75) is 25.7 Å². The quantitative estimate of drug-likeness (QED) is 0.155. The molecule has 10 nitrogen and oxygen atoms in total. The van der Waals surface area contributed by atoms with Crippen molar-refractivity contribution in [1.29, 1.82) is 0 Å². The molecule has 4 rings (SSSR count). The van der Waals surface area contributed by atoms with Crippen molar-refractivity contribution in [2.75, 3.05) is 12.4 Å². The number of rotatable bonds is 6. The summed E-state index contributed by atoms with van der Waals surface area (Å²) in [5.41, 5.74) is 3.59. The van der Waals surface area contributed by atoms with Crippen LogP contribution in [0.4, 0.5) is 28.4 Å². The number of hydrogen-bond acceptors (Lipinski definition) is 9. The van der Waals surface area contributed by atoms with Crippen molar-refractivity contribution in [1.82, 2.24) is 0 Å². The van der Waals surface area contributed by atoms with E-state index in [1.165, 1.54) is 24.3 Å². The van der Waals surface area contributed by atoms with E-state index in [1.807, 2.05) is 25.2 Å². The van der Waals surface area contributed by atoms with Gasteiger partial charge in [-0.2, -0.15) is 13.5 Å². The first-order valence-corrected chi connectivity index (χ1v) is 12.6. The number of benzene rings is 4. The van der Waals surface area contributed by atoms with Crippen molar-refractivity contribution < 1.29 is 23.2 Å². The first-order chi connectivity index (χ1) is 17.5. The van der Waals surface area contributed by atoms with Gasteiger partial charge in [-0.3, -0.25) is 4.55 Å². The van der Waals surface area contributed by atoms with Crippen LogP contribution < -0.4 is 5.32 Å². The number of anilines is 1. The Labute approximate surface area is 213 Å². The molecule has 11 heteroatoms. The van der Waals surface area contributed by atoms with Crippen LogP contribution in [-0.4, -0.2) is 30.2 Å². The summed E-state index contributed by atoms with van der Waals surface area (Å²) in [4.78, 5) is -0.373. The molecular formula is C26H25N5O5S. The van der Waals surface area contributed by atoms with Gasteiger partial charge >= 0.3 is 0 Å². The Hall–Kier alpha value is -4.35. The third-order valence-corrected chi connectivity index (χ3v) is 6.67. The van der Waals surface area contributed by atoms with Gasteiger partial charge in [-0.25, -0.2) is 0 Å². The molecule has 0 fully saturated rings. The zero-order chi connectivity index (χ0) is 26.9. The molecule has 4 aromatic carbocycles. The molecule has 0 unspecified atom stereocenters. The molecule has 0 heterocycles. The molecule has 37 heavy (non-hydrogen) atoms. The average Bonchev–Trinajstić information content (AvgIpc) is 2.83. The normalized spacial score (nSPS) is 12.1. The second-order valence-electron chi connectivity index (χ2n) is 8.55. The molecule has 0 amide bonds. The molecule has 4 aromatic rings. The van der Waals surface area contributed by atoms with Crippen molar-refractivity contribution in [3.8, 4) is 11.5 Å². The number of nitrogens with one attached hydrogen (secondary N) is 1. The number of nitrogens with zero attached hydrogens (tertiary/aromatic N) is 4. The van der Waals surface area contributed by atoms with Crippen molar-refractivity contribution in [2.24, 2.45) is 20.5 Å². The summed E-state index contributed by atoms with van der Waals surface area (Å²) in [5, 5.41) is 42.2. The van der Waals surface area contributed by atoms with E-state index < -0.39 is 10.1 Å². The lowest BCUT2D eigenvalue weighted by molar-refractivity contribution is 0.475. The fourth-order valence-corrected chi connectivity index (χ4v) is 4.39. The highest BCUT2D eigenvalue weighted by Crippen LogP contribution is 2.41. The number of phenols is 2. The predicted molar refractivity (Wildman–Crippen MR) is 142 cm³/mol. The lowest BCUT2D eigenvalue weighted by Crippen LogP contribution is -1.98. The number of aromatic hydroxyl groups is 2. The lowest BCUT2D eigenvalue weighted by atomic mass is 10.0. The van der Waals surface area contributed by atoms with E-state index in [4.69, 9.17) is 0 Å². The van der Waals surface area contributed by atoms with E-state index in [0.29, 0.717) is 16.5 Å². The molecular weight excluding hydrogens is 494 g/mol. The first-order valence-electron chi connectivity index (χ1n) is 11.2. The minimum Gasteiger partial charge on any atom is -0.506 e. The molecule has 0 atom stereocenters. The van der Waals surface area contributed by atoms with Crippen LogP contribution in [0.25, 0.3) is 10.8 Å². The summed E-state index contributed by atoms with van der Waals surface area (Å²) in [6.45, 7) is 5.27. The topological polar surface area (TPSA) is 156 Å². The summed E-state index contributed by atoms with van der Waals surface area (Å²) in [6.07, 6.45) is 0. The molecule has 0 saturated carbocycles. The average molecular weight is 520 g/mol. The number of azo groups is 2. The summed E-state index contributed by atoms with van der Waals surface area (Å²) in [6, 6.07) is 14.6. The maximum Gasteiger partial charge on any atom is 0.296 e. The van der Waals surface area contributed by atoms with Crippen LogP contribution in [0.3, 0.4) is 0 Å². The molecule has 0 aliphatic rings. The Morgan fingerprint density at radius 1 is 0.757 bits per heavy atom. The number of fused-ring (bicyclic) bond motifs is 1. The number of hydrogen-bond donors (Lipinski definition) is 4. The van der Waals surface area contributed by atoms with E-state index in [9.17, 15) is 23.2 Å². The highest BCUT2D eigenvalue weighted by Gasteiger charge is 2.16. The molecule has 0 bridgehead atoms. The van der Waals surface area contributed by atoms with Crippen LogP contribution in [0, 0.1) is 20.8 Å². The van der Waals surface area contributed by atoms with Crippen molar-refractivity contribution >= 4 is 49.3 Å².